The van der Waals surface area contributed by atoms with Gasteiger partial charge in [0.1, 0.15) is 29.9 Å². The van der Waals surface area contributed by atoms with Gasteiger partial charge >= 0.3 is 5.97 Å². The van der Waals surface area contributed by atoms with E-state index in [1.807, 2.05) is 0 Å². The monoisotopic (exact) mass is 886 g/mol. The average Bonchev–Trinajstić information content (AvgIpc) is 3.24. The fourth-order valence-corrected chi connectivity index (χ4v) is 6.19. The van der Waals surface area contributed by atoms with E-state index in [1.165, 1.54) is 23.9 Å². The van der Waals surface area contributed by atoms with Crippen molar-refractivity contribution in [2.75, 3.05) is 38.2 Å². The number of primary amides is 1. The summed E-state index contributed by atoms with van der Waals surface area (Å²) in [6, 6.07) is 8.78. The zero-order chi connectivity index (χ0) is 46.0. The lowest BCUT2D eigenvalue weighted by Crippen LogP contribution is -2.58. The van der Waals surface area contributed by atoms with Crippen molar-refractivity contribution in [1.29, 1.82) is 0 Å². The normalized spacial score (nSPS) is 13.1. The number of aromatic hydroxyl groups is 1. The minimum absolute atomic E-state index is 0.00431. The highest BCUT2D eigenvalue weighted by Crippen LogP contribution is 2.11. The van der Waals surface area contributed by atoms with Gasteiger partial charge in [-0.15, -0.1) is 0 Å². The molecule has 21 nitrogen and oxygen atoms in total. The number of carboxylic acid groups (broad SMARTS) is 1. The molecule has 340 valence electrons. The predicted molar refractivity (Wildman–Crippen MR) is 229 cm³/mol. The number of nitrogens with two attached hydrogens (primary N) is 3. The molecule has 2 aromatic carbocycles. The third kappa shape index (κ3) is 20.8. The molecule has 0 saturated heterocycles. The molecule has 0 aromatic heterocycles. The summed E-state index contributed by atoms with van der Waals surface area (Å²) in [5.41, 5.74) is 18.0. The van der Waals surface area contributed by atoms with Crippen LogP contribution < -0.4 is 54.4 Å². The van der Waals surface area contributed by atoms with E-state index in [1.54, 1.807) is 48.7 Å². The van der Waals surface area contributed by atoms with Gasteiger partial charge in [-0.05, 0) is 80.3 Å². The lowest BCUT2D eigenvalue weighted by atomic mass is 10.0. The first-order valence-corrected chi connectivity index (χ1v) is 21.2. The van der Waals surface area contributed by atoms with Crippen molar-refractivity contribution in [3.05, 3.63) is 65.7 Å². The summed E-state index contributed by atoms with van der Waals surface area (Å²) in [6.45, 7) is -1.41. The number of aliphatic carboxylic acids is 1. The maximum absolute atomic E-state index is 13.8. The second-order valence-electron chi connectivity index (χ2n) is 14.2. The Morgan fingerprint density at radius 3 is 1.76 bits per heavy atom. The van der Waals surface area contributed by atoms with Crippen LogP contribution in [-0.4, -0.2) is 132 Å². The number of hydrogen-bond acceptors (Lipinski definition) is 13. The fraction of sp³-hybridized carbons (Fsp3) is 0.475. The number of phenols is 1. The van der Waals surface area contributed by atoms with E-state index in [0.717, 1.165) is 0 Å². The van der Waals surface area contributed by atoms with Gasteiger partial charge in [0, 0.05) is 12.8 Å². The van der Waals surface area contributed by atoms with Gasteiger partial charge < -0.3 is 64.6 Å². The van der Waals surface area contributed by atoms with Gasteiger partial charge in [-0.25, -0.2) is 4.79 Å². The van der Waals surface area contributed by atoms with E-state index < -0.39 is 103 Å². The molecule has 15 N–H and O–H groups in total. The molecule has 62 heavy (non-hydrogen) atoms. The highest BCUT2D eigenvalue weighted by molar-refractivity contribution is 7.98. The number of nitrogens with one attached hydrogen (secondary N) is 7. The second-order valence-corrected chi connectivity index (χ2v) is 15.1. The molecule has 0 aliphatic rings. The smallest absolute Gasteiger partial charge is 0.326 e. The number of carbonyl (C=O) groups excluding carboxylic acids is 8. The molecule has 8 amide bonds. The van der Waals surface area contributed by atoms with Crippen LogP contribution in [0.2, 0.25) is 0 Å². The van der Waals surface area contributed by atoms with Gasteiger partial charge in [0.05, 0.1) is 25.7 Å². The Morgan fingerprint density at radius 2 is 1.16 bits per heavy atom. The minimum Gasteiger partial charge on any atom is -0.508 e. The number of benzene rings is 2. The topological polar surface area (TPSA) is 356 Å². The maximum atomic E-state index is 13.8. The van der Waals surface area contributed by atoms with Crippen LogP contribution in [0.3, 0.4) is 0 Å². The van der Waals surface area contributed by atoms with Crippen LogP contribution in [0, 0.1) is 0 Å². The number of thioether (sulfide) groups is 1. The minimum atomic E-state index is -1.43. The first-order valence-electron chi connectivity index (χ1n) is 19.8. The molecule has 2 aromatic rings. The zero-order valence-corrected chi connectivity index (χ0v) is 35.3. The van der Waals surface area contributed by atoms with Gasteiger partial charge in [0.2, 0.25) is 47.3 Å². The quantitative estimate of drug-likeness (QED) is 0.0363. The van der Waals surface area contributed by atoms with Crippen molar-refractivity contribution in [3.63, 3.8) is 0 Å². The summed E-state index contributed by atoms with van der Waals surface area (Å²) in [4.78, 5) is 114. The number of rotatable bonds is 29. The van der Waals surface area contributed by atoms with Crippen molar-refractivity contribution in [2.24, 2.45) is 17.2 Å². The summed E-state index contributed by atoms with van der Waals surface area (Å²) >= 11 is 1.39. The summed E-state index contributed by atoms with van der Waals surface area (Å²) < 4.78 is 0. The van der Waals surface area contributed by atoms with E-state index in [0.29, 0.717) is 36.3 Å². The standard InChI is InChI=1S/C40H58N10O11S/c1-62-18-16-29(38(58)49-28(9-5-6-17-41)37(57)46-23-35(55)47-30(40(60)61)14-15-32(43)52)50-39(59)31(20-24-7-3-2-4-8-24)48-34(54)22-44-33(53)21-45-36(56)27(42)19-25-10-12-26(51)13-11-25/h2-4,7-8,10-13,27-31,51H,5-6,9,14-23,41-42H2,1H3,(H2,43,52)(H,44,53)(H,45,56)(H,46,57)(H,47,55)(H,48,54)(H,49,58)(H,50,59)(H,60,61)/t27-,28-,29-,30-,31-/m0/s1. The lowest BCUT2D eigenvalue weighted by Gasteiger charge is -2.25. The number of phenolic OH excluding ortho intramolecular Hbond substituents is 1. The number of carbonyl (C=O) groups is 9. The number of carboxylic acids is 1. The molecule has 0 radical (unpaired) electrons. The van der Waals surface area contributed by atoms with Gasteiger partial charge in [0.25, 0.3) is 0 Å². The van der Waals surface area contributed by atoms with E-state index in [2.05, 4.69) is 37.2 Å². The molecule has 0 saturated carbocycles. The van der Waals surface area contributed by atoms with Crippen molar-refractivity contribution in [2.45, 2.75) is 81.6 Å². The van der Waals surface area contributed by atoms with Gasteiger partial charge in [0.15, 0.2) is 0 Å². The molecular formula is C40H58N10O11S. The van der Waals surface area contributed by atoms with Crippen LogP contribution >= 0.6 is 11.8 Å². The van der Waals surface area contributed by atoms with Gasteiger partial charge in [-0.2, -0.15) is 11.8 Å². The van der Waals surface area contributed by atoms with E-state index in [-0.39, 0.29) is 44.3 Å². The molecule has 0 aliphatic heterocycles. The summed E-state index contributed by atoms with van der Waals surface area (Å²) in [5.74, 6) is -6.89. The number of unbranched alkanes of at least 4 members (excludes halogenated alkanes) is 1. The molecule has 0 heterocycles. The highest BCUT2D eigenvalue weighted by atomic mass is 32.2. The Morgan fingerprint density at radius 1 is 0.613 bits per heavy atom. The Balaban J connectivity index is 2.10. The van der Waals surface area contributed by atoms with Gasteiger partial charge in [-0.1, -0.05) is 42.5 Å². The van der Waals surface area contributed by atoms with Crippen LogP contribution in [0.5, 0.6) is 5.75 Å². The zero-order valence-electron chi connectivity index (χ0n) is 34.5. The largest absolute Gasteiger partial charge is 0.508 e. The average molecular weight is 887 g/mol. The third-order valence-electron chi connectivity index (χ3n) is 9.09. The summed E-state index contributed by atoms with van der Waals surface area (Å²) in [6.07, 6.45) is 2.49. The number of amides is 8. The van der Waals surface area contributed by atoms with Crippen LogP contribution in [0.15, 0.2) is 54.6 Å². The first kappa shape index (κ1) is 51.9. The van der Waals surface area contributed by atoms with Crippen molar-refractivity contribution in [1.82, 2.24) is 37.2 Å². The van der Waals surface area contributed by atoms with E-state index >= 15 is 0 Å². The highest BCUT2D eigenvalue weighted by Gasteiger charge is 2.30. The second kappa shape index (κ2) is 28.3. The van der Waals surface area contributed by atoms with Crippen LogP contribution in [0.4, 0.5) is 0 Å². The molecule has 0 spiro atoms. The maximum Gasteiger partial charge on any atom is 0.326 e. The predicted octanol–water partition coefficient (Wildman–Crippen LogP) is -2.98. The third-order valence-corrected chi connectivity index (χ3v) is 9.74. The molecule has 0 fully saturated rings. The van der Waals surface area contributed by atoms with Crippen molar-refractivity contribution >= 4 is 65.0 Å². The van der Waals surface area contributed by atoms with Crippen LogP contribution in [0.1, 0.15) is 49.7 Å². The SMILES string of the molecule is CSCC[C@H](NC(=O)[C@H](Cc1ccccc1)NC(=O)CNC(=O)CNC(=O)[C@@H](N)Cc1ccc(O)cc1)C(=O)N[C@@H](CCCCN)C(=O)NCC(=O)N[C@@H](CCC(N)=O)C(=O)O. The lowest BCUT2D eigenvalue weighted by molar-refractivity contribution is -0.142. The van der Waals surface area contributed by atoms with Crippen LogP contribution in [0.25, 0.3) is 0 Å². The molecule has 2 rings (SSSR count). The molecule has 5 atom stereocenters. The Hall–Kier alpha value is -6.26. The molecule has 0 aliphatic carbocycles. The summed E-state index contributed by atoms with van der Waals surface area (Å²) in [7, 11) is 0. The van der Waals surface area contributed by atoms with Crippen molar-refractivity contribution < 1.29 is 53.4 Å². The van der Waals surface area contributed by atoms with E-state index in [4.69, 9.17) is 17.2 Å². The first-order chi connectivity index (χ1) is 29.5. The number of hydrogen-bond donors (Lipinski definition) is 12. The Labute approximate surface area is 363 Å². The van der Waals surface area contributed by atoms with Crippen LogP contribution in [-0.2, 0) is 56.0 Å². The van der Waals surface area contributed by atoms with Gasteiger partial charge in [-0.3, -0.25) is 38.4 Å². The Bertz CT molecular complexity index is 1820. The Kier molecular flexibility index (Phi) is 23.7. The van der Waals surface area contributed by atoms with E-state index in [9.17, 15) is 53.4 Å². The molecule has 0 unspecified atom stereocenters. The molecule has 0 bridgehead atoms. The molecule has 22 heteroatoms. The molecular weight excluding hydrogens is 829 g/mol. The fourth-order valence-electron chi connectivity index (χ4n) is 5.71. The summed E-state index contributed by atoms with van der Waals surface area (Å²) in [5, 5.41) is 36.1. The van der Waals surface area contributed by atoms with Crippen molar-refractivity contribution in [3.8, 4) is 5.75 Å².